The van der Waals surface area contributed by atoms with E-state index in [1.54, 1.807) is 0 Å². The van der Waals surface area contributed by atoms with Crippen molar-refractivity contribution < 1.29 is 0 Å². The fourth-order valence-electron chi connectivity index (χ4n) is 4.20. The second-order valence-electron chi connectivity index (χ2n) is 7.67. The third-order valence-electron chi connectivity index (χ3n) is 5.63. The van der Waals surface area contributed by atoms with Gasteiger partial charge in [0.05, 0.1) is 11.3 Å². The first-order chi connectivity index (χ1) is 15.2. The van der Waals surface area contributed by atoms with Crippen molar-refractivity contribution >= 4 is 0 Å². The van der Waals surface area contributed by atoms with Crippen molar-refractivity contribution in [3.63, 3.8) is 0 Å². The molecule has 0 aliphatic heterocycles. The quantitative estimate of drug-likeness (QED) is 0.378. The van der Waals surface area contributed by atoms with Gasteiger partial charge < -0.3 is 9.67 Å². The van der Waals surface area contributed by atoms with E-state index in [0.717, 1.165) is 33.8 Å². The van der Waals surface area contributed by atoms with Gasteiger partial charge in [-0.2, -0.15) is 0 Å². The summed E-state index contributed by atoms with van der Waals surface area (Å²) in [5, 5.41) is 5.73. The van der Waals surface area contributed by atoms with E-state index in [1.165, 1.54) is 5.56 Å². The summed E-state index contributed by atoms with van der Waals surface area (Å²) >= 11 is 0. The summed E-state index contributed by atoms with van der Waals surface area (Å²) in [7, 11) is 0. The van der Waals surface area contributed by atoms with Crippen molar-refractivity contribution in [1.82, 2.24) is 14.8 Å². The predicted molar refractivity (Wildman–Crippen MR) is 126 cm³/mol. The van der Waals surface area contributed by atoms with Gasteiger partial charge >= 0.3 is 0 Å². The molecule has 0 atom stereocenters. The smallest absolute Gasteiger partial charge is 0.272 e. The number of H-pyrrole nitrogens is 2. The molecule has 0 radical (unpaired) electrons. The normalized spacial score (nSPS) is 11.0. The lowest BCUT2D eigenvalue weighted by Crippen LogP contribution is -2.06. The van der Waals surface area contributed by atoms with Crippen LogP contribution in [0.2, 0.25) is 0 Å². The van der Waals surface area contributed by atoms with E-state index >= 15 is 0 Å². The van der Waals surface area contributed by atoms with Crippen LogP contribution < -0.4 is 5.56 Å². The third-order valence-corrected chi connectivity index (χ3v) is 5.63. The number of aromatic amines is 2. The number of hydrogen-bond acceptors (Lipinski definition) is 1. The van der Waals surface area contributed by atoms with Crippen molar-refractivity contribution in [1.29, 1.82) is 0 Å². The second kappa shape index (κ2) is 8.00. The highest BCUT2D eigenvalue weighted by molar-refractivity contribution is 5.87. The molecule has 0 saturated heterocycles. The zero-order valence-corrected chi connectivity index (χ0v) is 17.3. The summed E-state index contributed by atoms with van der Waals surface area (Å²) in [6.45, 7) is 2.63. The average molecular weight is 406 g/mol. The maximum absolute atomic E-state index is 12.7. The highest BCUT2D eigenvalue weighted by Crippen LogP contribution is 2.39. The lowest BCUT2D eigenvalue weighted by atomic mass is 10.0. The van der Waals surface area contributed by atoms with Gasteiger partial charge in [0.2, 0.25) is 0 Å². The van der Waals surface area contributed by atoms with Gasteiger partial charge in [0.15, 0.2) is 0 Å². The summed E-state index contributed by atoms with van der Waals surface area (Å²) in [4.78, 5) is 12.7. The van der Waals surface area contributed by atoms with Gasteiger partial charge in [-0.3, -0.25) is 9.89 Å². The van der Waals surface area contributed by atoms with Crippen molar-refractivity contribution in [2.24, 2.45) is 0 Å². The molecule has 4 nitrogen and oxygen atoms in total. The number of aryl methyl sites for hydroxylation is 1. The molecular weight excluding hydrogens is 382 g/mol. The zero-order chi connectivity index (χ0) is 21.2. The minimum atomic E-state index is -0.105. The largest absolute Gasteiger partial charge is 0.335 e. The van der Waals surface area contributed by atoms with E-state index in [2.05, 4.69) is 69.4 Å². The summed E-state index contributed by atoms with van der Waals surface area (Å²) in [5.41, 5.74) is 7.87. The van der Waals surface area contributed by atoms with E-state index in [0.29, 0.717) is 12.1 Å². The highest BCUT2D eigenvalue weighted by atomic mass is 16.1. The van der Waals surface area contributed by atoms with Crippen LogP contribution >= 0.6 is 0 Å². The molecule has 0 fully saturated rings. The lowest BCUT2D eigenvalue weighted by molar-refractivity contribution is 0.823. The molecule has 0 spiro atoms. The Morgan fingerprint density at radius 3 is 1.90 bits per heavy atom. The highest BCUT2D eigenvalue weighted by Gasteiger charge is 2.22. The molecule has 0 amide bonds. The molecule has 0 aliphatic carbocycles. The number of nitrogens with zero attached hydrogens (tertiary/aromatic N) is 1. The van der Waals surface area contributed by atoms with Gasteiger partial charge in [0.1, 0.15) is 0 Å². The van der Waals surface area contributed by atoms with Crippen molar-refractivity contribution in [3.8, 4) is 33.6 Å². The molecule has 5 rings (SSSR count). The third kappa shape index (κ3) is 3.53. The molecule has 0 aliphatic rings. The van der Waals surface area contributed by atoms with Gasteiger partial charge in [-0.05, 0) is 29.7 Å². The first-order valence-corrected chi connectivity index (χ1v) is 10.4. The first kappa shape index (κ1) is 18.9. The molecule has 2 aromatic heterocycles. The molecule has 152 valence electrons. The Hall–Kier alpha value is -4.05. The number of benzene rings is 3. The number of rotatable bonds is 5. The minimum Gasteiger partial charge on any atom is -0.335 e. The van der Waals surface area contributed by atoms with E-state index in [-0.39, 0.29) is 5.56 Å². The zero-order valence-electron chi connectivity index (χ0n) is 17.3. The van der Waals surface area contributed by atoms with E-state index in [9.17, 15) is 4.79 Å². The Morgan fingerprint density at radius 1 is 0.742 bits per heavy atom. The molecule has 0 unspecified atom stereocenters. The molecule has 0 bridgehead atoms. The summed E-state index contributed by atoms with van der Waals surface area (Å²) in [6.07, 6.45) is 0. The van der Waals surface area contributed by atoms with Crippen molar-refractivity contribution in [3.05, 3.63) is 119 Å². The molecular formula is C27H23N3O. The summed E-state index contributed by atoms with van der Waals surface area (Å²) < 4.78 is 2.32. The molecule has 3 aromatic carbocycles. The van der Waals surface area contributed by atoms with Crippen molar-refractivity contribution in [2.75, 3.05) is 0 Å². The van der Waals surface area contributed by atoms with Crippen LogP contribution in [0.15, 0.2) is 102 Å². The van der Waals surface area contributed by atoms with Crippen LogP contribution in [0.5, 0.6) is 0 Å². The molecule has 2 N–H and O–H groups in total. The topological polar surface area (TPSA) is 53.6 Å². The van der Waals surface area contributed by atoms with Crippen LogP contribution in [0.1, 0.15) is 11.3 Å². The standard InChI is InChI=1S/C27H23N3O/c1-19-25(27(31)29-28-19)23-17-24(21-13-7-3-8-14-21)30(18-20-11-5-2-6-12-20)26(23)22-15-9-4-10-16-22/h2-17H,18H2,1H3,(H2,28,29,31). The maximum Gasteiger partial charge on any atom is 0.272 e. The van der Waals surface area contributed by atoms with E-state index < -0.39 is 0 Å². The lowest BCUT2D eigenvalue weighted by Gasteiger charge is -2.15. The maximum atomic E-state index is 12.7. The van der Waals surface area contributed by atoms with Crippen LogP contribution in [0.4, 0.5) is 0 Å². The van der Waals surface area contributed by atoms with Gasteiger partial charge in [-0.15, -0.1) is 0 Å². The Balaban J connectivity index is 1.84. The molecule has 0 saturated carbocycles. The van der Waals surface area contributed by atoms with E-state index in [4.69, 9.17) is 0 Å². The monoisotopic (exact) mass is 405 g/mol. The molecule has 2 heterocycles. The first-order valence-electron chi connectivity index (χ1n) is 10.4. The van der Waals surface area contributed by atoms with Crippen LogP contribution in [0.25, 0.3) is 33.6 Å². The minimum absolute atomic E-state index is 0.105. The molecule has 4 heteroatoms. The predicted octanol–water partition coefficient (Wildman–Crippen LogP) is 5.86. The van der Waals surface area contributed by atoms with Crippen LogP contribution in [-0.4, -0.2) is 14.8 Å². The average Bonchev–Trinajstić information content (AvgIpc) is 3.34. The van der Waals surface area contributed by atoms with Crippen LogP contribution in [-0.2, 0) is 6.54 Å². The second-order valence-corrected chi connectivity index (χ2v) is 7.67. The Bertz CT molecular complexity index is 1360. The van der Waals surface area contributed by atoms with Crippen LogP contribution in [0.3, 0.4) is 0 Å². The molecule has 5 aromatic rings. The number of nitrogens with one attached hydrogen (secondary N) is 2. The van der Waals surface area contributed by atoms with Gasteiger partial charge in [0.25, 0.3) is 5.56 Å². The number of hydrogen-bond donors (Lipinski definition) is 2. The summed E-state index contributed by atoms with van der Waals surface area (Å²) in [6, 6.07) is 33.2. The van der Waals surface area contributed by atoms with Gasteiger partial charge in [-0.1, -0.05) is 91.0 Å². The Morgan fingerprint density at radius 2 is 1.32 bits per heavy atom. The Kier molecular flexibility index (Phi) is 4.89. The Labute approximate surface area is 180 Å². The summed E-state index contributed by atoms with van der Waals surface area (Å²) in [5.74, 6) is 0. The van der Waals surface area contributed by atoms with Crippen molar-refractivity contribution in [2.45, 2.75) is 13.5 Å². The van der Waals surface area contributed by atoms with E-state index in [1.807, 2.05) is 49.4 Å². The molecule has 31 heavy (non-hydrogen) atoms. The van der Waals surface area contributed by atoms with Gasteiger partial charge in [0, 0.05) is 23.5 Å². The van der Waals surface area contributed by atoms with Crippen LogP contribution in [0, 0.1) is 6.92 Å². The van der Waals surface area contributed by atoms with Gasteiger partial charge in [-0.25, -0.2) is 0 Å². The SMILES string of the molecule is Cc1[nH][nH]c(=O)c1-c1cc(-c2ccccc2)n(Cc2ccccc2)c1-c1ccccc1. The fraction of sp³-hybridized carbons (Fsp3) is 0.0741. The number of aromatic nitrogens is 3. The fourth-order valence-corrected chi connectivity index (χ4v) is 4.20.